The van der Waals surface area contributed by atoms with Crippen LogP contribution in [0.15, 0.2) is 43.1 Å². The molecule has 1 aromatic heterocycles. The predicted molar refractivity (Wildman–Crippen MR) is 95.0 cm³/mol. The van der Waals surface area contributed by atoms with E-state index >= 15 is 0 Å². The highest BCUT2D eigenvalue weighted by Crippen LogP contribution is 2.41. The largest absolute Gasteiger partial charge is 0.497 e. The second kappa shape index (κ2) is 6.19. The summed E-state index contributed by atoms with van der Waals surface area (Å²) in [6.07, 6.45) is 5.65. The van der Waals surface area contributed by atoms with E-state index in [9.17, 15) is 5.11 Å². The van der Waals surface area contributed by atoms with Crippen molar-refractivity contribution in [2.24, 2.45) is 11.8 Å². The molecule has 0 radical (unpaired) electrons. The molecule has 3 aliphatic rings. The summed E-state index contributed by atoms with van der Waals surface area (Å²) >= 11 is 0. The van der Waals surface area contributed by atoms with Gasteiger partial charge in [-0.25, -0.2) is 0 Å². The van der Waals surface area contributed by atoms with Crippen molar-refractivity contribution in [2.45, 2.75) is 25.0 Å². The van der Waals surface area contributed by atoms with Gasteiger partial charge in [-0.15, -0.1) is 6.58 Å². The predicted octanol–water partition coefficient (Wildman–Crippen LogP) is 3.17. The summed E-state index contributed by atoms with van der Waals surface area (Å²) in [5.74, 6) is 2.03. The molecule has 126 valence electrons. The summed E-state index contributed by atoms with van der Waals surface area (Å²) in [6.45, 7) is 6.06. The van der Waals surface area contributed by atoms with E-state index in [1.165, 1.54) is 6.42 Å². The summed E-state index contributed by atoms with van der Waals surface area (Å²) < 4.78 is 5.30. The van der Waals surface area contributed by atoms with Crippen LogP contribution in [0.2, 0.25) is 0 Å². The number of hydrogen-bond donors (Lipinski definition) is 1. The zero-order chi connectivity index (χ0) is 16.7. The molecule has 2 aromatic rings. The van der Waals surface area contributed by atoms with Crippen molar-refractivity contribution < 1.29 is 9.84 Å². The molecule has 3 saturated heterocycles. The first-order valence-electron chi connectivity index (χ1n) is 8.68. The minimum atomic E-state index is -0.498. The Morgan fingerprint density at radius 1 is 1.42 bits per heavy atom. The Bertz CT molecular complexity index is 760. The van der Waals surface area contributed by atoms with Gasteiger partial charge in [-0.2, -0.15) is 0 Å². The molecule has 5 rings (SSSR count). The van der Waals surface area contributed by atoms with E-state index in [1.807, 2.05) is 30.5 Å². The fourth-order valence-electron chi connectivity index (χ4n) is 4.34. The Morgan fingerprint density at radius 3 is 3.00 bits per heavy atom. The lowest BCUT2D eigenvalue weighted by Gasteiger charge is -2.50. The monoisotopic (exact) mass is 324 g/mol. The van der Waals surface area contributed by atoms with Gasteiger partial charge in [-0.3, -0.25) is 9.88 Å². The van der Waals surface area contributed by atoms with Crippen LogP contribution >= 0.6 is 0 Å². The maximum Gasteiger partial charge on any atom is 0.119 e. The fraction of sp³-hybridized carbons (Fsp3) is 0.450. The van der Waals surface area contributed by atoms with Gasteiger partial charge in [0, 0.05) is 29.7 Å². The lowest BCUT2D eigenvalue weighted by atomic mass is 9.74. The third-order valence-electron chi connectivity index (χ3n) is 5.77. The second-order valence-corrected chi connectivity index (χ2v) is 7.02. The van der Waals surface area contributed by atoms with Gasteiger partial charge in [0.2, 0.25) is 0 Å². The van der Waals surface area contributed by atoms with Crippen LogP contribution in [0, 0.1) is 11.8 Å². The Morgan fingerprint density at radius 2 is 2.29 bits per heavy atom. The van der Waals surface area contributed by atoms with Crippen molar-refractivity contribution in [2.75, 3.05) is 20.2 Å². The van der Waals surface area contributed by atoms with E-state index in [0.29, 0.717) is 11.8 Å². The van der Waals surface area contributed by atoms with Gasteiger partial charge in [-0.05, 0) is 55.5 Å². The first-order chi connectivity index (χ1) is 11.7. The highest BCUT2D eigenvalue weighted by atomic mass is 16.5. The summed E-state index contributed by atoms with van der Waals surface area (Å²) in [6, 6.07) is 8.06. The number of aromatic nitrogens is 1. The van der Waals surface area contributed by atoms with E-state index in [0.717, 1.165) is 41.7 Å². The van der Waals surface area contributed by atoms with Crippen molar-refractivity contribution >= 4 is 10.9 Å². The molecule has 4 heterocycles. The lowest BCUT2D eigenvalue weighted by molar-refractivity contribution is -0.0449. The number of methoxy groups -OCH3 is 1. The topological polar surface area (TPSA) is 45.6 Å². The summed E-state index contributed by atoms with van der Waals surface area (Å²) in [7, 11) is 1.66. The first-order valence-corrected chi connectivity index (χ1v) is 8.68. The Balaban J connectivity index is 1.61. The maximum absolute atomic E-state index is 11.0. The van der Waals surface area contributed by atoms with Crippen molar-refractivity contribution in [1.29, 1.82) is 0 Å². The van der Waals surface area contributed by atoms with Gasteiger partial charge in [-0.1, -0.05) is 6.08 Å². The van der Waals surface area contributed by atoms with Crippen LogP contribution in [-0.4, -0.2) is 41.2 Å². The van der Waals surface area contributed by atoms with Gasteiger partial charge in [0.25, 0.3) is 0 Å². The van der Waals surface area contributed by atoms with Crippen molar-refractivity contribution in [1.82, 2.24) is 9.88 Å². The molecule has 5 atom stereocenters. The van der Waals surface area contributed by atoms with E-state index in [-0.39, 0.29) is 6.04 Å². The van der Waals surface area contributed by atoms with E-state index in [2.05, 4.69) is 22.5 Å². The summed E-state index contributed by atoms with van der Waals surface area (Å²) in [5, 5.41) is 12.0. The highest BCUT2D eigenvalue weighted by molar-refractivity contribution is 5.80. The van der Waals surface area contributed by atoms with Crippen LogP contribution in [0.5, 0.6) is 5.75 Å². The molecule has 1 unspecified atom stereocenters. The number of hydrogen-bond acceptors (Lipinski definition) is 4. The molecule has 2 bridgehead atoms. The number of aliphatic hydroxyl groups excluding tert-OH is 1. The van der Waals surface area contributed by atoms with Crippen LogP contribution in [-0.2, 0) is 0 Å². The van der Waals surface area contributed by atoms with Crippen LogP contribution in [0.25, 0.3) is 10.9 Å². The highest BCUT2D eigenvalue weighted by Gasteiger charge is 2.42. The number of pyridine rings is 1. The SMILES string of the molecule is C=C[C@H]1CN2CC[C@@H]1C[C@H]2[C@@H](O)c1cnc2ccc(OC)cc2c1. The van der Waals surface area contributed by atoms with Crippen molar-refractivity contribution in [3.8, 4) is 5.75 Å². The fourth-order valence-corrected chi connectivity index (χ4v) is 4.34. The molecule has 3 fully saturated rings. The first kappa shape index (κ1) is 15.6. The summed E-state index contributed by atoms with van der Waals surface area (Å²) in [4.78, 5) is 6.94. The van der Waals surface area contributed by atoms with Crippen molar-refractivity contribution in [3.05, 3.63) is 48.7 Å². The van der Waals surface area contributed by atoms with E-state index < -0.39 is 6.10 Å². The number of aliphatic hydroxyl groups is 1. The number of benzene rings is 1. The number of nitrogens with zero attached hydrogens (tertiary/aromatic N) is 2. The van der Waals surface area contributed by atoms with Gasteiger partial charge < -0.3 is 9.84 Å². The molecule has 0 aliphatic carbocycles. The van der Waals surface area contributed by atoms with Crippen LogP contribution in [0.1, 0.15) is 24.5 Å². The molecule has 0 spiro atoms. The molecule has 1 aromatic carbocycles. The molecule has 4 heteroatoms. The van der Waals surface area contributed by atoms with Crippen LogP contribution < -0.4 is 4.74 Å². The van der Waals surface area contributed by atoms with Gasteiger partial charge in [0.1, 0.15) is 5.75 Å². The van der Waals surface area contributed by atoms with Gasteiger partial charge in [0.15, 0.2) is 0 Å². The third-order valence-corrected chi connectivity index (χ3v) is 5.77. The zero-order valence-corrected chi connectivity index (χ0v) is 14.1. The molecule has 0 amide bonds. The minimum absolute atomic E-state index is 0.185. The normalized spacial score (nSPS) is 30.2. The maximum atomic E-state index is 11.0. The average Bonchev–Trinajstić information content (AvgIpc) is 2.66. The van der Waals surface area contributed by atoms with E-state index in [1.54, 1.807) is 7.11 Å². The molecular formula is C20H24N2O2. The number of fused-ring (bicyclic) bond motifs is 4. The molecule has 24 heavy (non-hydrogen) atoms. The molecule has 3 aliphatic heterocycles. The van der Waals surface area contributed by atoms with Crippen molar-refractivity contribution in [3.63, 3.8) is 0 Å². The second-order valence-electron chi connectivity index (χ2n) is 7.02. The Kier molecular flexibility index (Phi) is 4.02. The molecular weight excluding hydrogens is 300 g/mol. The standard InChI is InChI=1S/C20H24N2O2/c1-3-13-12-22-7-6-14(13)10-19(22)20(23)16-8-15-9-17(24-2)4-5-18(15)21-11-16/h3-5,8-9,11,13-14,19-20,23H,1,6-7,10,12H2,2H3/t13-,14+,19-,20-/m0/s1. The van der Waals surface area contributed by atoms with Gasteiger partial charge in [0.05, 0.1) is 18.7 Å². The number of piperidine rings is 3. The lowest BCUT2D eigenvalue weighted by Crippen LogP contribution is -2.54. The Labute approximate surface area is 142 Å². The van der Waals surface area contributed by atoms with Gasteiger partial charge >= 0.3 is 0 Å². The number of rotatable bonds is 4. The summed E-state index contributed by atoms with van der Waals surface area (Å²) in [5.41, 5.74) is 1.81. The third kappa shape index (κ3) is 2.60. The average molecular weight is 324 g/mol. The molecule has 1 N–H and O–H groups in total. The van der Waals surface area contributed by atoms with Crippen LogP contribution in [0.3, 0.4) is 0 Å². The van der Waals surface area contributed by atoms with Crippen LogP contribution in [0.4, 0.5) is 0 Å². The van der Waals surface area contributed by atoms with E-state index in [4.69, 9.17) is 4.74 Å². The smallest absolute Gasteiger partial charge is 0.119 e. The molecule has 4 nitrogen and oxygen atoms in total. The zero-order valence-electron chi connectivity index (χ0n) is 14.1. The quantitative estimate of drug-likeness (QED) is 0.878. The molecule has 0 saturated carbocycles. The minimum Gasteiger partial charge on any atom is -0.497 e. The Hall–Kier alpha value is -1.91. The number of ether oxygens (including phenoxy) is 1.